The number of fused-ring (bicyclic) bond motifs is 1. The Bertz CT molecular complexity index is 528. The van der Waals surface area contributed by atoms with Crippen LogP contribution in [0.1, 0.15) is 28.2 Å². The van der Waals surface area contributed by atoms with Gasteiger partial charge in [0.25, 0.3) is 0 Å². The molecule has 1 atom stereocenters. The Kier molecular flexibility index (Phi) is 3.16. The average Bonchev–Trinajstić information content (AvgIpc) is 2.42. The first kappa shape index (κ1) is 11.5. The maximum atomic E-state index is 3.52. The highest BCUT2D eigenvalue weighted by Gasteiger charge is 2.19. The molecule has 0 bridgehead atoms. The fraction of sp³-hybridized carbons (Fsp3) is 0.294. The van der Waals surface area contributed by atoms with Gasteiger partial charge in [-0.2, -0.15) is 0 Å². The summed E-state index contributed by atoms with van der Waals surface area (Å²) in [6, 6.07) is 17.7. The number of hydrogen-bond acceptors (Lipinski definition) is 1. The molecule has 2 aromatic carbocycles. The number of nitrogens with one attached hydrogen (secondary N) is 1. The quantitative estimate of drug-likeness (QED) is 0.844. The number of benzene rings is 2. The maximum absolute atomic E-state index is 3.52. The Balaban J connectivity index is 1.84. The molecule has 0 amide bonds. The first-order valence-electron chi connectivity index (χ1n) is 6.67. The van der Waals surface area contributed by atoms with Crippen LogP contribution in [0.4, 0.5) is 0 Å². The molecule has 1 aliphatic rings. The summed E-state index contributed by atoms with van der Waals surface area (Å²) in [5.41, 5.74) is 5.75. The third-order valence-corrected chi connectivity index (χ3v) is 3.80. The molecule has 0 spiro atoms. The summed E-state index contributed by atoms with van der Waals surface area (Å²) < 4.78 is 0. The fourth-order valence-corrected chi connectivity index (χ4v) is 2.78. The van der Waals surface area contributed by atoms with Crippen LogP contribution in [0, 0.1) is 6.92 Å². The Labute approximate surface area is 109 Å². The van der Waals surface area contributed by atoms with E-state index in [-0.39, 0.29) is 0 Å². The van der Waals surface area contributed by atoms with E-state index in [0.29, 0.717) is 5.92 Å². The molecule has 2 aromatic rings. The van der Waals surface area contributed by atoms with E-state index in [9.17, 15) is 0 Å². The molecule has 1 heterocycles. The molecule has 1 heteroatoms. The SMILES string of the molecule is Cc1ccc(CC2CNCc3ccccc32)cc1. The number of aryl methyl sites for hydroxylation is 1. The molecule has 1 nitrogen and oxygen atoms in total. The second-order valence-electron chi connectivity index (χ2n) is 5.22. The van der Waals surface area contributed by atoms with E-state index in [2.05, 4.69) is 60.8 Å². The predicted octanol–water partition coefficient (Wildman–Crippen LogP) is 3.42. The lowest BCUT2D eigenvalue weighted by atomic mass is 9.86. The molecule has 1 aliphatic heterocycles. The Hall–Kier alpha value is -1.60. The molecule has 3 rings (SSSR count). The maximum Gasteiger partial charge on any atom is 0.0208 e. The highest BCUT2D eigenvalue weighted by Crippen LogP contribution is 2.27. The van der Waals surface area contributed by atoms with Crippen LogP contribution in [-0.4, -0.2) is 6.54 Å². The van der Waals surface area contributed by atoms with E-state index >= 15 is 0 Å². The first-order chi connectivity index (χ1) is 8.83. The van der Waals surface area contributed by atoms with Crippen molar-refractivity contribution in [3.05, 3.63) is 70.8 Å². The van der Waals surface area contributed by atoms with Crippen LogP contribution in [0.25, 0.3) is 0 Å². The smallest absolute Gasteiger partial charge is 0.0208 e. The van der Waals surface area contributed by atoms with Crippen LogP contribution >= 0.6 is 0 Å². The zero-order valence-electron chi connectivity index (χ0n) is 10.8. The van der Waals surface area contributed by atoms with Crippen LogP contribution in [0.5, 0.6) is 0 Å². The molecule has 0 aliphatic carbocycles. The number of rotatable bonds is 2. The van der Waals surface area contributed by atoms with Gasteiger partial charge in [-0.3, -0.25) is 0 Å². The highest BCUT2D eigenvalue weighted by atomic mass is 14.9. The lowest BCUT2D eigenvalue weighted by Gasteiger charge is -2.26. The summed E-state index contributed by atoms with van der Waals surface area (Å²) in [5.74, 6) is 0.609. The molecule has 1 unspecified atom stereocenters. The number of hydrogen-bond donors (Lipinski definition) is 1. The van der Waals surface area contributed by atoms with Crippen molar-refractivity contribution in [3.8, 4) is 0 Å². The third-order valence-electron chi connectivity index (χ3n) is 3.80. The van der Waals surface area contributed by atoms with Gasteiger partial charge in [0.1, 0.15) is 0 Å². The van der Waals surface area contributed by atoms with E-state index < -0.39 is 0 Å². The van der Waals surface area contributed by atoms with Crippen molar-refractivity contribution < 1.29 is 0 Å². The van der Waals surface area contributed by atoms with Crippen LogP contribution in [0.2, 0.25) is 0 Å². The average molecular weight is 237 g/mol. The zero-order chi connectivity index (χ0) is 12.4. The van der Waals surface area contributed by atoms with Gasteiger partial charge in [0.2, 0.25) is 0 Å². The summed E-state index contributed by atoms with van der Waals surface area (Å²) in [5, 5.41) is 3.52. The van der Waals surface area contributed by atoms with E-state index in [1.54, 1.807) is 0 Å². The van der Waals surface area contributed by atoms with Crippen LogP contribution in [0.15, 0.2) is 48.5 Å². The minimum absolute atomic E-state index is 0.609. The predicted molar refractivity (Wildman–Crippen MR) is 75.8 cm³/mol. The molecular formula is C17H19N. The Morgan fingerprint density at radius 3 is 2.67 bits per heavy atom. The van der Waals surface area contributed by atoms with Crippen LogP contribution < -0.4 is 5.32 Å². The minimum atomic E-state index is 0.609. The molecule has 0 aromatic heterocycles. The van der Waals surface area contributed by atoms with Crippen molar-refractivity contribution in [1.29, 1.82) is 0 Å². The molecule has 0 fully saturated rings. The van der Waals surface area contributed by atoms with Gasteiger partial charge in [-0.25, -0.2) is 0 Å². The fourth-order valence-electron chi connectivity index (χ4n) is 2.78. The molecule has 18 heavy (non-hydrogen) atoms. The van der Waals surface area contributed by atoms with Gasteiger partial charge in [-0.1, -0.05) is 54.1 Å². The molecular weight excluding hydrogens is 218 g/mol. The van der Waals surface area contributed by atoms with Crippen LogP contribution in [-0.2, 0) is 13.0 Å². The lowest BCUT2D eigenvalue weighted by Crippen LogP contribution is -2.29. The zero-order valence-corrected chi connectivity index (χ0v) is 10.8. The van der Waals surface area contributed by atoms with Crippen molar-refractivity contribution in [3.63, 3.8) is 0 Å². The van der Waals surface area contributed by atoms with Crippen molar-refractivity contribution in [1.82, 2.24) is 5.32 Å². The Morgan fingerprint density at radius 1 is 1.06 bits per heavy atom. The second-order valence-corrected chi connectivity index (χ2v) is 5.22. The van der Waals surface area contributed by atoms with E-state index in [1.807, 2.05) is 0 Å². The highest BCUT2D eigenvalue weighted by molar-refractivity contribution is 5.34. The van der Waals surface area contributed by atoms with Gasteiger partial charge in [-0.05, 0) is 30.0 Å². The molecule has 0 saturated heterocycles. The van der Waals surface area contributed by atoms with Gasteiger partial charge in [0.05, 0.1) is 0 Å². The third kappa shape index (κ3) is 2.32. The van der Waals surface area contributed by atoms with Gasteiger partial charge in [0, 0.05) is 19.0 Å². The van der Waals surface area contributed by atoms with E-state index in [1.165, 1.54) is 22.3 Å². The summed E-state index contributed by atoms with van der Waals surface area (Å²) in [4.78, 5) is 0. The second kappa shape index (κ2) is 4.95. The summed E-state index contributed by atoms with van der Waals surface area (Å²) in [7, 11) is 0. The summed E-state index contributed by atoms with van der Waals surface area (Å²) in [6.45, 7) is 4.24. The topological polar surface area (TPSA) is 12.0 Å². The van der Waals surface area contributed by atoms with Gasteiger partial charge >= 0.3 is 0 Å². The van der Waals surface area contributed by atoms with E-state index in [0.717, 1.165) is 19.5 Å². The van der Waals surface area contributed by atoms with Gasteiger partial charge in [0.15, 0.2) is 0 Å². The summed E-state index contributed by atoms with van der Waals surface area (Å²) in [6.07, 6.45) is 1.13. The van der Waals surface area contributed by atoms with Crippen molar-refractivity contribution in [2.45, 2.75) is 25.8 Å². The van der Waals surface area contributed by atoms with Crippen LogP contribution in [0.3, 0.4) is 0 Å². The van der Waals surface area contributed by atoms with Crippen molar-refractivity contribution in [2.24, 2.45) is 0 Å². The minimum Gasteiger partial charge on any atom is -0.312 e. The van der Waals surface area contributed by atoms with Gasteiger partial charge in [-0.15, -0.1) is 0 Å². The first-order valence-corrected chi connectivity index (χ1v) is 6.67. The standard InChI is InChI=1S/C17H19N/c1-13-6-8-14(9-7-13)10-16-12-18-11-15-4-2-3-5-17(15)16/h2-9,16,18H,10-12H2,1H3. The van der Waals surface area contributed by atoms with Crippen molar-refractivity contribution >= 4 is 0 Å². The monoisotopic (exact) mass is 237 g/mol. The molecule has 0 radical (unpaired) electrons. The normalized spacial score (nSPS) is 18.4. The van der Waals surface area contributed by atoms with Gasteiger partial charge < -0.3 is 5.32 Å². The van der Waals surface area contributed by atoms with Crippen molar-refractivity contribution in [2.75, 3.05) is 6.54 Å². The molecule has 0 saturated carbocycles. The Morgan fingerprint density at radius 2 is 1.83 bits per heavy atom. The molecule has 1 N–H and O–H groups in total. The summed E-state index contributed by atoms with van der Waals surface area (Å²) >= 11 is 0. The molecule has 92 valence electrons. The lowest BCUT2D eigenvalue weighted by molar-refractivity contribution is 0.539. The van der Waals surface area contributed by atoms with E-state index in [4.69, 9.17) is 0 Å². The largest absolute Gasteiger partial charge is 0.312 e.